The molecule has 24 heteroatoms. The molecule has 6 heterocycles. The van der Waals surface area contributed by atoms with Crippen LogP contribution in [0.1, 0.15) is 98.8 Å². The Bertz CT molecular complexity index is 1990. The zero-order valence-electron chi connectivity index (χ0n) is 44.6. The number of esters is 1. The first kappa shape index (κ1) is 58.8. The number of hydrogen-bond acceptors (Lipinski definition) is 24. The Morgan fingerprint density at radius 2 is 1.12 bits per heavy atom. The summed E-state index contributed by atoms with van der Waals surface area (Å²) in [7, 11) is 0. The van der Waals surface area contributed by atoms with Crippen molar-refractivity contribution in [1.29, 1.82) is 0 Å². The minimum absolute atomic E-state index is 0.0652. The van der Waals surface area contributed by atoms with Crippen LogP contribution in [0.25, 0.3) is 0 Å². The Morgan fingerprint density at radius 3 is 1.73 bits per heavy atom. The third kappa shape index (κ3) is 10.5. The van der Waals surface area contributed by atoms with Gasteiger partial charge in [0.2, 0.25) is 0 Å². The van der Waals surface area contributed by atoms with Crippen LogP contribution < -0.4 is 0 Å². The van der Waals surface area contributed by atoms with Gasteiger partial charge in [-0.05, 0) is 104 Å². The van der Waals surface area contributed by atoms with Crippen LogP contribution in [-0.4, -0.2) is 241 Å². The van der Waals surface area contributed by atoms with E-state index in [0.29, 0.717) is 54.3 Å². The predicted octanol–water partition coefficient (Wildman–Crippen LogP) is -2.34. The number of hydrogen-bond donors (Lipinski definition) is 12. The lowest BCUT2D eigenvalue weighted by molar-refractivity contribution is -0.406. The Kier molecular flexibility index (Phi) is 17.5. The largest absolute Gasteiger partial charge is 0.463 e. The number of aliphatic hydroxyl groups is 12. The van der Waals surface area contributed by atoms with Crippen LogP contribution in [0, 0.1) is 52.3 Å². The molecule has 24 nitrogen and oxygen atoms in total. The molecule has 14 unspecified atom stereocenters. The van der Waals surface area contributed by atoms with E-state index in [9.17, 15) is 66.1 Å². The summed E-state index contributed by atoms with van der Waals surface area (Å²) in [5.41, 5.74) is 0.248. The molecule has 77 heavy (non-hydrogen) atoms. The molecule has 6 saturated heterocycles. The van der Waals surface area contributed by atoms with E-state index in [1.807, 2.05) is 0 Å². The fourth-order valence-corrected chi connectivity index (χ4v) is 16.3. The summed E-state index contributed by atoms with van der Waals surface area (Å²) in [6, 6.07) is 0. The highest BCUT2D eigenvalue weighted by Crippen LogP contribution is 2.71. The topological polar surface area (TPSA) is 361 Å². The molecule has 10 aliphatic rings. The lowest BCUT2D eigenvalue weighted by atomic mass is 9.44. The Labute approximate surface area is 448 Å². The number of carbonyl (C=O) groups excluding carboxylic acids is 1. The normalized spacial score (nSPS) is 55.7. The van der Waals surface area contributed by atoms with Gasteiger partial charge in [-0.3, -0.25) is 4.79 Å². The van der Waals surface area contributed by atoms with E-state index in [1.165, 1.54) is 0 Å². The van der Waals surface area contributed by atoms with E-state index in [-0.39, 0.29) is 23.0 Å². The SMILES string of the molecule is CC(=O)OC[C@H]1OC(OC2[C@@H](CO)O[C@@H](OC3CCC4(C)C(CCC5C4CCC4(C)C5CC5OC6(CCC(C)CO6)C(C)C54)C3)[C@H](O)[C@H]2O)[C@H](O[C@@H]2O[C@H](CO)[C@@H](O)[C@H](O)[C@H]2O)[C@@H](O[C@@H]2O[C@H](CO)[C@@H](O)[C@H](O)[C@H]2O)[C@@H]1O. The van der Waals surface area contributed by atoms with Crippen molar-refractivity contribution >= 4 is 5.97 Å². The summed E-state index contributed by atoms with van der Waals surface area (Å²) in [5.74, 6) is 2.12. The van der Waals surface area contributed by atoms with Crippen molar-refractivity contribution in [3.8, 4) is 0 Å². The molecule has 0 radical (unpaired) electrons. The van der Waals surface area contributed by atoms with Crippen LogP contribution in [0.15, 0.2) is 0 Å². The van der Waals surface area contributed by atoms with E-state index in [0.717, 1.165) is 64.9 Å². The zero-order chi connectivity index (χ0) is 55.2. The van der Waals surface area contributed by atoms with Gasteiger partial charge in [0.15, 0.2) is 30.9 Å². The lowest BCUT2D eigenvalue weighted by Crippen LogP contribution is -2.69. The van der Waals surface area contributed by atoms with Crippen LogP contribution in [0.5, 0.6) is 0 Å². The number of aliphatic hydroxyl groups excluding tert-OH is 12. The average molecular weight is 1110 g/mol. The molecular weight excluding hydrogens is 1020 g/mol. The standard InChI is InChI=1S/C53H86O24/c1-21-8-13-53(68-19-21)22(2)34-29(77-53)15-28-26-7-6-24-14-25(9-11-51(24,4)27(26)10-12-52(28,34)5)69-47-43(66)40(63)44(32(18-56)72-47)74-50-46(76-49-42(65)39(62)36(59)31(17-55)71-49)45(37(60)33(73-50)20-67-23(3)57)75-48-41(64)38(61)35(58)30(16-54)70-48/h21-22,24-50,54-56,58-66H,6-20H2,1-5H3/t21?,22?,24?,25?,26?,27?,28?,29?,30-,31-,32-,33-,34?,35-,36-,37-,38+,39+,40-,41-,42-,43-,44?,45+,46-,47-,48+,49+,50?,51?,52?,53?/m1/s1. The van der Waals surface area contributed by atoms with Gasteiger partial charge in [-0.25, -0.2) is 0 Å². The van der Waals surface area contributed by atoms with Crippen LogP contribution >= 0.6 is 0 Å². The smallest absolute Gasteiger partial charge is 0.302 e. The zero-order valence-corrected chi connectivity index (χ0v) is 44.6. The molecule has 0 aromatic heterocycles. The number of ether oxygens (including phenoxy) is 11. The molecule has 6 aliphatic heterocycles. The van der Waals surface area contributed by atoms with Gasteiger partial charge in [0, 0.05) is 19.3 Å². The number of rotatable bonds is 13. The van der Waals surface area contributed by atoms with Gasteiger partial charge >= 0.3 is 5.97 Å². The van der Waals surface area contributed by atoms with Gasteiger partial charge < -0.3 is 113 Å². The van der Waals surface area contributed by atoms with Crippen LogP contribution in [-0.2, 0) is 56.9 Å². The maximum absolute atomic E-state index is 12.1. The average Bonchev–Trinajstić information content (AvgIpc) is 4.11. The first-order valence-corrected chi connectivity index (χ1v) is 28.2. The summed E-state index contributed by atoms with van der Waals surface area (Å²) in [6.45, 7) is 8.20. The van der Waals surface area contributed by atoms with E-state index >= 15 is 0 Å². The van der Waals surface area contributed by atoms with Gasteiger partial charge in [-0.15, -0.1) is 0 Å². The second kappa shape index (κ2) is 23.0. The molecule has 10 fully saturated rings. The van der Waals surface area contributed by atoms with Gasteiger partial charge in [0.1, 0.15) is 104 Å². The molecule has 0 amide bonds. The van der Waals surface area contributed by atoms with Crippen LogP contribution in [0.4, 0.5) is 0 Å². The first-order chi connectivity index (χ1) is 36.6. The maximum atomic E-state index is 12.1. The van der Waals surface area contributed by atoms with Crippen molar-refractivity contribution in [2.45, 2.75) is 240 Å². The van der Waals surface area contributed by atoms with Crippen LogP contribution in [0.2, 0.25) is 0 Å². The van der Waals surface area contributed by atoms with E-state index in [1.54, 1.807) is 0 Å². The monoisotopic (exact) mass is 1110 g/mol. The third-order valence-corrected chi connectivity index (χ3v) is 20.7. The van der Waals surface area contributed by atoms with Gasteiger partial charge in [-0.1, -0.05) is 27.7 Å². The van der Waals surface area contributed by atoms with Gasteiger partial charge in [0.05, 0.1) is 38.6 Å². The van der Waals surface area contributed by atoms with Crippen molar-refractivity contribution in [3.63, 3.8) is 0 Å². The van der Waals surface area contributed by atoms with Gasteiger partial charge in [-0.2, -0.15) is 0 Å². The molecule has 12 N–H and O–H groups in total. The highest BCUT2D eigenvalue weighted by molar-refractivity contribution is 5.65. The lowest BCUT2D eigenvalue weighted by Gasteiger charge is -2.61. The van der Waals surface area contributed by atoms with Crippen molar-refractivity contribution in [3.05, 3.63) is 0 Å². The summed E-state index contributed by atoms with van der Waals surface area (Å²) in [4.78, 5) is 12.1. The predicted molar refractivity (Wildman–Crippen MR) is 258 cm³/mol. The second-order valence-electron chi connectivity index (χ2n) is 24.9. The van der Waals surface area contributed by atoms with Crippen molar-refractivity contribution in [2.75, 3.05) is 33.0 Å². The molecule has 4 aliphatic carbocycles. The molecule has 10 rings (SSSR count). The molecule has 0 aromatic rings. The highest BCUT2D eigenvalue weighted by atomic mass is 16.8. The molecule has 0 aromatic carbocycles. The van der Waals surface area contributed by atoms with E-state index in [4.69, 9.17) is 52.1 Å². The van der Waals surface area contributed by atoms with Crippen molar-refractivity contribution < 1.29 is 118 Å². The maximum Gasteiger partial charge on any atom is 0.302 e. The molecule has 4 saturated carbocycles. The molecule has 0 bridgehead atoms. The second-order valence-corrected chi connectivity index (χ2v) is 24.9. The molecule has 442 valence electrons. The van der Waals surface area contributed by atoms with E-state index < -0.39 is 161 Å². The minimum Gasteiger partial charge on any atom is -0.463 e. The van der Waals surface area contributed by atoms with Gasteiger partial charge in [0.25, 0.3) is 0 Å². The van der Waals surface area contributed by atoms with Crippen LogP contribution in [0.3, 0.4) is 0 Å². The molecule has 1 spiro atoms. The molecular formula is C53H86O24. The quantitative estimate of drug-likeness (QED) is 0.0679. The number of carbonyl (C=O) groups is 1. The first-order valence-electron chi connectivity index (χ1n) is 28.2. The number of fused-ring (bicyclic) bond motifs is 7. The Hall–Kier alpha value is -1.41. The van der Waals surface area contributed by atoms with E-state index in [2.05, 4.69) is 27.7 Å². The summed E-state index contributed by atoms with van der Waals surface area (Å²) < 4.78 is 67.3. The summed E-state index contributed by atoms with van der Waals surface area (Å²) in [6.07, 6.45) is -26.6. The van der Waals surface area contributed by atoms with Crippen molar-refractivity contribution in [2.24, 2.45) is 52.3 Å². The molecule has 32 atom stereocenters. The third-order valence-electron chi connectivity index (χ3n) is 20.7. The fourth-order valence-electron chi connectivity index (χ4n) is 16.3. The minimum atomic E-state index is -2.06. The van der Waals surface area contributed by atoms with Crippen molar-refractivity contribution in [1.82, 2.24) is 0 Å². The summed E-state index contributed by atoms with van der Waals surface area (Å²) >= 11 is 0. The Balaban J connectivity index is 0.837. The Morgan fingerprint density at radius 1 is 0.545 bits per heavy atom. The summed E-state index contributed by atoms with van der Waals surface area (Å²) in [5, 5.41) is 131. The fraction of sp³-hybridized carbons (Fsp3) is 0.981. The highest BCUT2D eigenvalue weighted by Gasteiger charge is 2.69.